The van der Waals surface area contributed by atoms with Gasteiger partial charge >= 0.3 is 6.09 Å². The molecule has 0 saturated carbocycles. The fourth-order valence-corrected chi connectivity index (χ4v) is 6.56. The molecule has 0 bridgehead atoms. The highest BCUT2D eigenvalue weighted by atomic mass is 32.1. The number of nitrogens with one attached hydrogen (secondary N) is 1. The van der Waals surface area contributed by atoms with Crippen LogP contribution >= 0.6 is 11.3 Å². The Morgan fingerprint density at radius 2 is 1.83 bits per heavy atom. The molecule has 2 amide bonds. The molecule has 1 aromatic carbocycles. The van der Waals surface area contributed by atoms with Crippen molar-refractivity contribution in [1.29, 1.82) is 0 Å². The minimum atomic E-state index is -1.32. The van der Waals surface area contributed by atoms with Crippen LogP contribution in [0.2, 0.25) is 0 Å². The van der Waals surface area contributed by atoms with Crippen LogP contribution in [0.4, 0.5) is 4.79 Å². The van der Waals surface area contributed by atoms with Crippen molar-refractivity contribution in [3.63, 3.8) is 0 Å². The molecule has 0 radical (unpaired) electrons. The van der Waals surface area contributed by atoms with E-state index in [4.69, 9.17) is 18.6 Å². The molecular formula is C34H37N7O5S. The Labute approximate surface area is 276 Å². The predicted octanol–water partition coefficient (Wildman–Crippen LogP) is 6.77. The van der Waals surface area contributed by atoms with Crippen molar-refractivity contribution in [2.75, 3.05) is 6.54 Å². The van der Waals surface area contributed by atoms with Gasteiger partial charge in [-0.3, -0.25) is 4.79 Å². The lowest BCUT2D eigenvalue weighted by molar-refractivity contribution is -0.00123. The number of hydrogen-bond donors (Lipinski definition) is 1. The van der Waals surface area contributed by atoms with E-state index in [1.54, 1.807) is 30.4 Å². The van der Waals surface area contributed by atoms with E-state index in [-0.39, 0.29) is 41.7 Å². The number of amides is 2. The van der Waals surface area contributed by atoms with Gasteiger partial charge in [-0.25, -0.2) is 19.7 Å². The molecule has 1 aliphatic heterocycles. The van der Waals surface area contributed by atoms with E-state index in [1.165, 1.54) is 12.5 Å². The average Bonchev–Trinajstić information content (AvgIpc) is 3.86. The van der Waals surface area contributed by atoms with Gasteiger partial charge < -0.3 is 23.8 Å². The topological polar surface area (TPSA) is 149 Å². The number of carbonyl (C=O) groups is 2. The Kier molecular flexibility index (Phi) is 8.91. The number of benzene rings is 1. The maximum atomic E-state index is 14.1. The second kappa shape index (κ2) is 13.1. The monoisotopic (exact) mass is 655 g/mol. The van der Waals surface area contributed by atoms with Gasteiger partial charge in [0.15, 0.2) is 5.60 Å². The quantitative estimate of drug-likeness (QED) is 0.180. The number of rotatable bonds is 9. The first-order chi connectivity index (χ1) is 22.5. The summed E-state index contributed by atoms with van der Waals surface area (Å²) >= 11 is 1.59. The van der Waals surface area contributed by atoms with Gasteiger partial charge in [0.25, 0.3) is 17.7 Å². The minimum Gasteiger partial charge on any atom is -0.443 e. The van der Waals surface area contributed by atoms with Crippen molar-refractivity contribution < 1.29 is 23.2 Å². The summed E-state index contributed by atoms with van der Waals surface area (Å²) in [4.78, 5) is 42.7. The third-order valence-electron chi connectivity index (χ3n) is 7.73. The zero-order valence-corrected chi connectivity index (χ0v) is 27.8. The fraction of sp³-hybridized carbons (Fsp3) is 0.382. The lowest BCUT2D eigenvalue weighted by atomic mass is 9.96. The number of nitrogens with zero attached hydrogens (tertiary/aromatic N) is 6. The van der Waals surface area contributed by atoms with Crippen LogP contribution in [0.15, 0.2) is 69.1 Å². The Bertz CT molecular complexity index is 1850. The van der Waals surface area contributed by atoms with E-state index in [0.717, 1.165) is 35.5 Å². The third-order valence-corrected chi connectivity index (χ3v) is 8.72. The molecule has 1 aliphatic rings. The van der Waals surface area contributed by atoms with Crippen molar-refractivity contribution >= 4 is 23.3 Å². The number of aryl methyl sites for hydroxylation is 1. The second-order valence-corrected chi connectivity index (χ2v) is 13.6. The highest BCUT2D eigenvalue weighted by Crippen LogP contribution is 2.36. The summed E-state index contributed by atoms with van der Waals surface area (Å²) in [7, 11) is 0. The highest BCUT2D eigenvalue weighted by molar-refractivity contribution is 7.09. The van der Waals surface area contributed by atoms with Gasteiger partial charge in [0.1, 0.15) is 22.7 Å². The van der Waals surface area contributed by atoms with Gasteiger partial charge in [0, 0.05) is 29.4 Å². The van der Waals surface area contributed by atoms with E-state index < -0.39 is 17.2 Å². The van der Waals surface area contributed by atoms with Crippen LogP contribution < -0.4 is 5.32 Å². The SMILES string of the molecule is CCc1csc([C@H]2CCCN2C(=O)c2cc(-c3ncco3)nc(-c3nnc([C@@](C)(Cc4ccccc4)OC(=O)NC(C)(C)C)o3)c2)n1. The van der Waals surface area contributed by atoms with Crippen LogP contribution in [0, 0.1) is 0 Å². The van der Waals surface area contributed by atoms with Gasteiger partial charge in [0.05, 0.1) is 17.9 Å². The molecule has 1 saturated heterocycles. The molecule has 5 heterocycles. The van der Waals surface area contributed by atoms with Crippen molar-refractivity contribution in [1.82, 2.24) is 35.4 Å². The molecule has 47 heavy (non-hydrogen) atoms. The zero-order chi connectivity index (χ0) is 33.2. The van der Waals surface area contributed by atoms with Gasteiger partial charge in [-0.05, 0) is 64.7 Å². The minimum absolute atomic E-state index is 0.0482. The number of aromatic nitrogens is 5. The van der Waals surface area contributed by atoms with E-state index in [0.29, 0.717) is 17.8 Å². The van der Waals surface area contributed by atoms with Crippen molar-refractivity contribution in [3.05, 3.63) is 88.0 Å². The van der Waals surface area contributed by atoms with Crippen molar-refractivity contribution in [2.24, 2.45) is 0 Å². The molecule has 5 aromatic rings. The van der Waals surface area contributed by atoms with Crippen LogP contribution in [0.3, 0.4) is 0 Å². The highest BCUT2D eigenvalue weighted by Gasteiger charge is 2.39. The molecule has 1 N–H and O–H groups in total. The summed E-state index contributed by atoms with van der Waals surface area (Å²) in [6.07, 6.45) is 5.14. The lowest BCUT2D eigenvalue weighted by Crippen LogP contribution is -2.45. The van der Waals surface area contributed by atoms with E-state index in [2.05, 4.69) is 37.8 Å². The Balaban J connectivity index is 1.36. The van der Waals surface area contributed by atoms with Crippen LogP contribution in [-0.2, 0) is 23.2 Å². The standard InChI is InChI=1S/C34H37N7O5S/c1-6-23-20-47-29(36-23)26-13-10-15-41(26)30(42)22-17-24(27-35-14-16-44-27)37-25(18-22)28-39-40-31(45-28)34(5,19-21-11-8-7-9-12-21)46-32(43)38-33(2,3)4/h7-9,11-12,14,16-18,20,26H,6,10,13,15,19H2,1-5H3,(H,38,43)/t26-,34-/m1/s1. The molecule has 2 atom stereocenters. The molecule has 0 spiro atoms. The Morgan fingerprint density at radius 3 is 2.51 bits per heavy atom. The van der Waals surface area contributed by atoms with E-state index >= 15 is 0 Å². The number of oxazole rings is 1. The molecule has 0 aliphatic carbocycles. The summed E-state index contributed by atoms with van der Waals surface area (Å²) in [5, 5.41) is 14.4. The van der Waals surface area contributed by atoms with Gasteiger partial charge in [-0.1, -0.05) is 37.3 Å². The molecule has 0 unspecified atom stereocenters. The van der Waals surface area contributed by atoms with Crippen LogP contribution in [0.25, 0.3) is 23.2 Å². The van der Waals surface area contributed by atoms with Crippen molar-refractivity contribution in [3.8, 4) is 23.2 Å². The lowest BCUT2D eigenvalue weighted by Gasteiger charge is -2.29. The molecule has 244 valence electrons. The second-order valence-electron chi connectivity index (χ2n) is 12.7. The number of likely N-dealkylation sites (tertiary alicyclic amines) is 1. The third kappa shape index (κ3) is 7.25. The predicted molar refractivity (Wildman–Crippen MR) is 174 cm³/mol. The summed E-state index contributed by atoms with van der Waals surface area (Å²) in [6.45, 7) is 9.99. The summed E-state index contributed by atoms with van der Waals surface area (Å²) in [6, 6.07) is 12.8. The normalized spacial score (nSPS) is 16.2. The fourth-order valence-electron chi connectivity index (χ4n) is 5.51. The van der Waals surface area contributed by atoms with Crippen molar-refractivity contribution in [2.45, 2.75) is 77.5 Å². The van der Waals surface area contributed by atoms with Crippen LogP contribution in [0.5, 0.6) is 0 Å². The number of carbonyl (C=O) groups excluding carboxylic acids is 2. The molecule has 13 heteroatoms. The summed E-state index contributed by atoms with van der Waals surface area (Å²) in [5.41, 5.74) is 1.03. The van der Waals surface area contributed by atoms with Gasteiger partial charge in [-0.15, -0.1) is 21.5 Å². The Hall–Kier alpha value is -4.91. The molecule has 4 aromatic heterocycles. The number of pyridine rings is 1. The number of hydrogen-bond acceptors (Lipinski definition) is 11. The number of ether oxygens (including phenoxy) is 1. The number of thiazole rings is 1. The molecule has 1 fully saturated rings. The van der Waals surface area contributed by atoms with Gasteiger partial charge in [0.2, 0.25) is 5.89 Å². The summed E-state index contributed by atoms with van der Waals surface area (Å²) < 4.78 is 17.7. The zero-order valence-electron chi connectivity index (χ0n) is 27.0. The maximum Gasteiger partial charge on any atom is 0.408 e. The van der Waals surface area contributed by atoms with Crippen LogP contribution in [0.1, 0.15) is 86.0 Å². The largest absolute Gasteiger partial charge is 0.443 e. The molecular weight excluding hydrogens is 618 g/mol. The van der Waals surface area contributed by atoms with Crippen LogP contribution in [-0.4, -0.2) is 54.1 Å². The smallest absolute Gasteiger partial charge is 0.408 e. The Morgan fingerprint density at radius 1 is 1.06 bits per heavy atom. The van der Waals surface area contributed by atoms with Gasteiger partial charge in [-0.2, -0.15) is 0 Å². The first kappa shape index (κ1) is 32.0. The van der Waals surface area contributed by atoms with E-state index in [9.17, 15) is 9.59 Å². The number of alkyl carbamates (subject to hydrolysis) is 1. The maximum absolute atomic E-state index is 14.1. The molecule has 12 nitrogen and oxygen atoms in total. The first-order valence-corrected chi connectivity index (χ1v) is 16.5. The average molecular weight is 656 g/mol. The first-order valence-electron chi connectivity index (χ1n) is 15.6. The van der Waals surface area contributed by atoms with E-state index in [1.807, 2.05) is 56.0 Å². The molecule has 6 rings (SSSR count). The summed E-state index contributed by atoms with van der Waals surface area (Å²) in [5.74, 6) is 0.189.